The molecule has 0 aliphatic heterocycles. The highest BCUT2D eigenvalue weighted by molar-refractivity contribution is 5.91. The van der Waals surface area contributed by atoms with Gasteiger partial charge in [0.2, 0.25) is 5.91 Å². The standard InChI is InChI=1S/C12H15NO4/c1-8-3-5-10(6-4-8)13-11(14)7-17-9(2)12(15)16/h3-6,9H,7H2,1-2H3,(H,13,14)(H,15,16)/t9-/m0/s1. The van der Waals surface area contributed by atoms with E-state index in [9.17, 15) is 9.59 Å². The van der Waals surface area contributed by atoms with Crippen molar-refractivity contribution in [3.63, 3.8) is 0 Å². The first-order chi connectivity index (χ1) is 7.99. The van der Waals surface area contributed by atoms with Gasteiger partial charge in [0, 0.05) is 5.69 Å². The van der Waals surface area contributed by atoms with E-state index in [1.807, 2.05) is 19.1 Å². The highest BCUT2D eigenvalue weighted by Crippen LogP contribution is 2.08. The summed E-state index contributed by atoms with van der Waals surface area (Å²) < 4.78 is 4.85. The van der Waals surface area contributed by atoms with Crippen molar-refractivity contribution in [3.8, 4) is 0 Å². The number of carboxylic acid groups (broad SMARTS) is 1. The Hall–Kier alpha value is -1.88. The Morgan fingerprint density at radius 1 is 1.35 bits per heavy atom. The van der Waals surface area contributed by atoms with Gasteiger partial charge < -0.3 is 15.2 Å². The van der Waals surface area contributed by atoms with E-state index in [1.165, 1.54) is 6.92 Å². The molecule has 0 saturated carbocycles. The molecule has 5 heteroatoms. The number of nitrogens with one attached hydrogen (secondary N) is 1. The molecule has 1 aromatic carbocycles. The number of rotatable bonds is 5. The number of benzene rings is 1. The Balaban J connectivity index is 2.39. The maximum absolute atomic E-state index is 11.4. The van der Waals surface area contributed by atoms with Gasteiger partial charge in [0.1, 0.15) is 6.61 Å². The molecule has 0 fully saturated rings. The van der Waals surface area contributed by atoms with Gasteiger partial charge in [-0.3, -0.25) is 4.79 Å². The fourth-order valence-corrected chi connectivity index (χ4v) is 1.11. The van der Waals surface area contributed by atoms with Crippen LogP contribution in [-0.2, 0) is 14.3 Å². The molecule has 1 amide bonds. The van der Waals surface area contributed by atoms with Crippen molar-refractivity contribution in [2.45, 2.75) is 20.0 Å². The van der Waals surface area contributed by atoms with E-state index in [0.717, 1.165) is 5.56 Å². The fraction of sp³-hybridized carbons (Fsp3) is 0.333. The van der Waals surface area contributed by atoms with Crippen LogP contribution < -0.4 is 5.32 Å². The normalized spacial score (nSPS) is 11.9. The molecular weight excluding hydrogens is 222 g/mol. The molecule has 0 spiro atoms. The average molecular weight is 237 g/mol. The van der Waals surface area contributed by atoms with E-state index in [0.29, 0.717) is 5.69 Å². The van der Waals surface area contributed by atoms with Crippen molar-refractivity contribution in [2.75, 3.05) is 11.9 Å². The number of amides is 1. The monoisotopic (exact) mass is 237 g/mol. The molecule has 17 heavy (non-hydrogen) atoms. The SMILES string of the molecule is Cc1ccc(NC(=O)CO[C@@H](C)C(=O)O)cc1. The first-order valence-electron chi connectivity index (χ1n) is 5.20. The molecule has 0 heterocycles. The summed E-state index contributed by atoms with van der Waals surface area (Å²) in [4.78, 5) is 21.8. The average Bonchev–Trinajstić information content (AvgIpc) is 2.29. The lowest BCUT2D eigenvalue weighted by Crippen LogP contribution is -2.26. The van der Waals surface area contributed by atoms with Crippen LogP contribution in [0.2, 0.25) is 0 Å². The van der Waals surface area contributed by atoms with Crippen LogP contribution in [0.3, 0.4) is 0 Å². The molecule has 1 aromatic rings. The lowest BCUT2D eigenvalue weighted by atomic mass is 10.2. The van der Waals surface area contributed by atoms with Crippen molar-refractivity contribution in [1.82, 2.24) is 0 Å². The molecule has 5 nitrogen and oxygen atoms in total. The third kappa shape index (κ3) is 4.65. The van der Waals surface area contributed by atoms with Crippen LogP contribution in [-0.4, -0.2) is 29.7 Å². The molecule has 1 atom stereocenters. The van der Waals surface area contributed by atoms with Gasteiger partial charge >= 0.3 is 5.97 Å². The maximum atomic E-state index is 11.4. The van der Waals surface area contributed by atoms with Crippen molar-refractivity contribution >= 4 is 17.6 Å². The number of aliphatic carboxylic acids is 1. The second-order valence-corrected chi connectivity index (χ2v) is 3.71. The number of anilines is 1. The molecule has 0 radical (unpaired) electrons. The summed E-state index contributed by atoms with van der Waals surface area (Å²) in [5, 5.41) is 11.2. The van der Waals surface area contributed by atoms with Crippen LogP contribution in [0.25, 0.3) is 0 Å². The number of aryl methyl sites for hydroxylation is 1. The van der Waals surface area contributed by atoms with Crippen molar-refractivity contribution < 1.29 is 19.4 Å². The summed E-state index contributed by atoms with van der Waals surface area (Å²) in [6.07, 6.45) is -0.987. The van der Waals surface area contributed by atoms with Crippen LogP contribution >= 0.6 is 0 Å². The predicted molar refractivity (Wildman–Crippen MR) is 62.9 cm³/mol. The molecule has 92 valence electrons. The second kappa shape index (κ2) is 6.00. The van der Waals surface area contributed by atoms with Gasteiger partial charge in [-0.2, -0.15) is 0 Å². The van der Waals surface area contributed by atoms with Crippen LogP contribution in [0.4, 0.5) is 5.69 Å². The van der Waals surface area contributed by atoms with Crippen molar-refractivity contribution in [1.29, 1.82) is 0 Å². The highest BCUT2D eigenvalue weighted by Gasteiger charge is 2.13. The van der Waals surface area contributed by atoms with Crippen LogP contribution in [0.15, 0.2) is 24.3 Å². The molecule has 0 aliphatic carbocycles. The zero-order valence-corrected chi connectivity index (χ0v) is 9.77. The largest absolute Gasteiger partial charge is 0.479 e. The second-order valence-electron chi connectivity index (χ2n) is 3.71. The van der Waals surface area contributed by atoms with E-state index in [2.05, 4.69) is 5.32 Å². The van der Waals surface area contributed by atoms with Crippen LogP contribution in [0.1, 0.15) is 12.5 Å². The predicted octanol–water partition coefficient (Wildman–Crippen LogP) is 1.42. The molecule has 0 bridgehead atoms. The summed E-state index contributed by atoms with van der Waals surface area (Å²) in [5.74, 6) is -1.46. The molecule has 1 rings (SSSR count). The highest BCUT2D eigenvalue weighted by atomic mass is 16.5. The smallest absolute Gasteiger partial charge is 0.332 e. The van der Waals surface area contributed by atoms with Gasteiger partial charge in [-0.15, -0.1) is 0 Å². The third-order valence-electron chi connectivity index (χ3n) is 2.15. The van der Waals surface area contributed by atoms with E-state index < -0.39 is 12.1 Å². The quantitative estimate of drug-likeness (QED) is 0.812. The number of carbonyl (C=O) groups is 2. The van der Waals surface area contributed by atoms with Gasteiger partial charge in [0.05, 0.1) is 0 Å². The number of hydrogen-bond donors (Lipinski definition) is 2. The molecule has 0 unspecified atom stereocenters. The molecular formula is C12H15NO4. The number of hydrogen-bond acceptors (Lipinski definition) is 3. The molecule has 0 aliphatic rings. The fourth-order valence-electron chi connectivity index (χ4n) is 1.11. The Morgan fingerprint density at radius 3 is 2.47 bits per heavy atom. The van der Waals surface area contributed by atoms with E-state index in [-0.39, 0.29) is 12.5 Å². The maximum Gasteiger partial charge on any atom is 0.332 e. The zero-order valence-electron chi connectivity index (χ0n) is 9.77. The Bertz CT molecular complexity index is 399. The third-order valence-corrected chi connectivity index (χ3v) is 2.15. The minimum atomic E-state index is -1.09. The summed E-state index contributed by atoms with van der Waals surface area (Å²) in [6, 6.07) is 7.29. The Morgan fingerprint density at radius 2 is 1.94 bits per heavy atom. The van der Waals surface area contributed by atoms with Crippen LogP contribution in [0.5, 0.6) is 0 Å². The van der Waals surface area contributed by atoms with Gasteiger partial charge in [-0.25, -0.2) is 4.79 Å². The van der Waals surface area contributed by atoms with E-state index >= 15 is 0 Å². The van der Waals surface area contributed by atoms with Gasteiger partial charge in [-0.1, -0.05) is 17.7 Å². The van der Waals surface area contributed by atoms with Gasteiger partial charge in [0.15, 0.2) is 6.10 Å². The van der Waals surface area contributed by atoms with Gasteiger partial charge in [-0.05, 0) is 26.0 Å². The minimum absolute atomic E-state index is 0.276. The Labute approximate surface area is 99.4 Å². The zero-order chi connectivity index (χ0) is 12.8. The van der Waals surface area contributed by atoms with E-state index in [4.69, 9.17) is 9.84 Å². The molecule has 0 saturated heterocycles. The molecule has 2 N–H and O–H groups in total. The minimum Gasteiger partial charge on any atom is -0.479 e. The van der Waals surface area contributed by atoms with Gasteiger partial charge in [0.25, 0.3) is 0 Å². The van der Waals surface area contributed by atoms with E-state index in [1.54, 1.807) is 12.1 Å². The number of carboxylic acids is 1. The molecule has 0 aromatic heterocycles. The lowest BCUT2D eigenvalue weighted by Gasteiger charge is -2.09. The summed E-state index contributed by atoms with van der Waals surface area (Å²) >= 11 is 0. The number of ether oxygens (including phenoxy) is 1. The number of carbonyl (C=O) groups excluding carboxylic acids is 1. The Kier molecular flexibility index (Phi) is 4.66. The topological polar surface area (TPSA) is 75.6 Å². The first-order valence-corrected chi connectivity index (χ1v) is 5.20. The first kappa shape index (κ1) is 13.2. The summed E-state index contributed by atoms with van der Waals surface area (Å²) in [6.45, 7) is 3.05. The lowest BCUT2D eigenvalue weighted by molar-refractivity contribution is -0.150. The summed E-state index contributed by atoms with van der Waals surface area (Å²) in [7, 11) is 0. The van der Waals surface area contributed by atoms with Crippen molar-refractivity contribution in [3.05, 3.63) is 29.8 Å². The van der Waals surface area contributed by atoms with Crippen molar-refractivity contribution in [2.24, 2.45) is 0 Å². The van der Waals surface area contributed by atoms with Crippen LogP contribution in [0, 0.1) is 6.92 Å². The summed E-state index contributed by atoms with van der Waals surface area (Å²) in [5.41, 5.74) is 1.76.